The second-order valence-electron chi connectivity index (χ2n) is 5.09. The van der Waals surface area contributed by atoms with E-state index in [1.54, 1.807) is 0 Å². The Kier molecular flexibility index (Phi) is 2.31. The maximum Gasteiger partial charge on any atom is 0.0366 e. The first-order valence-electron chi connectivity index (χ1n) is 5.19. The summed E-state index contributed by atoms with van der Waals surface area (Å²) in [7, 11) is 2.20. The van der Waals surface area contributed by atoms with Crippen LogP contribution in [0.4, 0.5) is 0 Å². The zero-order valence-electron chi connectivity index (χ0n) is 9.20. The zero-order valence-corrected chi connectivity index (χ0v) is 9.20. The van der Waals surface area contributed by atoms with Crippen molar-refractivity contribution in [3.63, 3.8) is 0 Å². The lowest BCUT2D eigenvalue weighted by Crippen LogP contribution is -2.20. The summed E-state index contributed by atoms with van der Waals surface area (Å²) in [6, 6.07) is 4.75. The Bertz CT molecular complexity index is 305. The van der Waals surface area contributed by atoms with Gasteiger partial charge in [0.15, 0.2) is 0 Å². The third-order valence-corrected chi connectivity index (χ3v) is 3.02. The minimum absolute atomic E-state index is 0.440. The molecular formula is C12H18N2. The van der Waals surface area contributed by atoms with Gasteiger partial charge in [-0.05, 0) is 30.5 Å². The van der Waals surface area contributed by atoms with Crippen LogP contribution in [0.25, 0.3) is 0 Å². The molecule has 1 atom stereocenters. The third kappa shape index (κ3) is 1.80. The van der Waals surface area contributed by atoms with E-state index in [4.69, 9.17) is 0 Å². The van der Waals surface area contributed by atoms with E-state index in [9.17, 15) is 0 Å². The van der Waals surface area contributed by atoms with Crippen LogP contribution in [0, 0.1) is 5.41 Å². The number of pyridine rings is 1. The molecule has 0 saturated carbocycles. The van der Waals surface area contributed by atoms with Crippen LogP contribution in [0.2, 0.25) is 0 Å². The molecule has 0 spiro atoms. The van der Waals surface area contributed by atoms with Gasteiger partial charge in [0, 0.05) is 25.0 Å². The van der Waals surface area contributed by atoms with Gasteiger partial charge in [-0.1, -0.05) is 19.9 Å². The van der Waals surface area contributed by atoms with Crippen molar-refractivity contribution < 1.29 is 0 Å². The summed E-state index contributed by atoms with van der Waals surface area (Å²) < 4.78 is 0. The van der Waals surface area contributed by atoms with Crippen LogP contribution in [-0.2, 0) is 0 Å². The van der Waals surface area contributed by atoms with Crippen molar-refractivity contribution in [3.8, 4) is 0 Å². The van der Waals surface area contributed by atoms with Crippen molar-refractivity contribution in [2.45, 2.75) is 26.3 Å². The average molecular weight is 190 g/mol. The number of hydrogen-bond donors (Lipinski definition) is 0. The lowest BCUT2D eigenvalue weighted by Gasteiger charge is -2.18. The molecule has 1 aromatic rings. The monoisotopic (exact) mass is 190 g/mol. The average Bonchev–Trinajstić information content (AvgIpc) is 2.41. The lowest BCUT2D eigenvalue weighted by atomic mass is 9.89. The zero-order chi connectivity index (χ0) is 10.2. The second-order valence-corrected chi connectivity index (χ2v) is 5.09. The Morgan fingerprint density at radius 2 is 2.29 bits per heavy atom. The number of aromatic nitrogens is 1. The van der Waals surface area contributed by atoms with E-state index in [1.807, 2.05) is 18.5 Å². The summed E-state index contributed by atoms with van der Waals surface area (Å²) >= 11 is 0. The van der Waals surface area contributed by atoms with E-state index in [2.05, 4.69) is 36.8 Å². The van der Waals surface area contributed by atoms with E-state index in [-0.39, 0.29) is 0 Å². The molecule has 0 aromatic carbocycles. The topological polar surface area (TPSA) is 16.1 Å². The van der Waals surface area contributed by atoms with Gasteiger partial charge in [0.1, 0.15) is 0 Å². The predicted octanol–water partition coefficient (Wildman–Crippen LogP) is 2.48. The first kappa shape index (κ1) is 9.66. The number of hydrogen-bond acceptors (Lipinski definition) is 2. The Morgan fingerprint density at radius 1 is 1.50 bits per heavy atom. The largest absolute Gasteiger partial charge is 0.299 e. The molecule has 0 bridgehead atoms. The number of rotatable bonds is 1. The molecule has 1 fully saturated rings. The van der Waals surface area contributed by atoms with Crippen LogP contribution >= 0.6 is 0 Å². The molecule has 2 rings (SSSR count). The minimum Gasteiger partial charge on any atom is -0.299 e. The van der Waals surface area contributed by atoms with Gasteiger partial charge in [0.2, 0.25) is 0 Å². The van der Waals surface area contributed by atoms with Crippen LogP contribution in [0.3, 0.4) is 0 Å². The second kappa shape index (κ2) is 3.35. The van der Waals surface area contributed by atoms with E-state index >= 15 is 0 Å². The summed E-state index contributed by atoms with van der Waals surface area (Å²) in [6.45, 7) is 5.84. The Balaban J connectivity index is 2.21. The van der Waals surface area contributed by atoms with Crippen LogP contribution in [-0.4, -0.2) is 23.5 Å². The molecule has 0 amide bonds. The first-order valence-corrected chi connectivity index (χ1v) is 5.19. The van der Waals surface area contributed by atoms with Crippen molar-refractivity contribution in [2.24, 2.45) is 5.41 Å². The van der Waals surface area contributed by atoms with E-state index in [0.29, 0.717) is 11.5 Å². The fourth-order valence-corrected chi connectivity index (χ4v) is 2.47. The molecule has 0 unspecified atom stereocenters. The van der Waals surface area contributed by atoms with Gasteiger partial charge in [0.25, 0.3) is 0 Å². The summed E-state index contributed by atoms with van der Waals surface area (Å²) in [4.78, 5) is 6.61. The lowest BCUT2D eigenvalue weighted by molar-refractivity contribution is 0.299. The molecule has 14 heavy (non-hydrogen) atoms. The standard InChI is InChI=1S/C12H18N2/c1-12(2)7-11(14(3)9-12)10-5-4-6-13-8-10/h4-6,8,11H,7,9H2,1-3H3/t11-/m0/s1. The van der Waals surface area contributed by atoms with E-state index < -0.39 is 0 Å². The molecule has 0 N–H and O–H groups in total. The molecule has 2 heterocycles. The maximum absolute atomic E-state index is 4.18. The fraction of sp³-hybridized carbons (Fsp3) is 0.583. The molecule has 1 aliphatic heterocycles. The van der Waals surface area contributed by atoms with Gasteiger partial charge in [-0.2, -0.15) is 0 Å². The predicted molar refractivity (Wildman–Crippen MR) is 58.0 cm³/mol. The molecular weight excluding hydrogens is 172 g/mol. The van der Waals surface area contributed by atoms with E-state index in [0.717, 1.165) is 0 Å². The smallest absolute Gasteiger partial charge is 0.0366 e. The highest BCUT2D eigenvalue weighted by molar-refractivity contribution is 5.16. The Morgan fingerprint density at radius 3 is 2.79 bits per heavy atom. The van der Waals surface area contributed by atoms with Gasteiger partial charge in [0.05, 0.1) is 0 Å². The molecule has 2 heteroatoms. The molecule has 0 aliphatic carbocycles. The Hall–Kier alpha value is -0.890. The molecule has 1 aliphatic rings. The maximum atomic E-state index is 4.18. The number of likely N-dealkylation sites (tertiary alicyclic amines) is 1. The third-order valence-electron chi connectivity index (χ3n) is 3.02. The van der Waals surface area contributed by atoms with Crippen molar-refractivity contribution in [3.05, 3.63) is 30.1 Å². The summed E-state index contributed by atoms with van der Waals surface area (Å²) in [5.41, 5.74) is 1.79. The molecule has 0 radical (unpaired) electrons. The van der Waals surface area contributed by atoms with E-state index in [1.165, 1.54) is 18.5 Å². The van der Waals surface area contributed by atoms with Gasteiger partial charge in [-0.25, -0.2) is 0 Å². The summed E-state index contributed by atoms with van der Waals surface area (Å²) in [6.07, 6.45) is 5.06. The highest BCUT2D eigenvalue weighted by Crippen LogP contribution is 2.40. The molecule has 2 nitrogen and oxygen atoms in total. The van der Waals surface area contributed by atoms with Crippen molar-refractivity contribution in [1.82, 2.24) is 9.88 Å². The molecule has 76 valence electrons. The highest BCUT2D eigenvalue weighted by Gasteiger charge is 2.35. The van der Waals surface area contributed by atoms with Crippen molar-refractivity contribution >= 4 is 0 Å². The minimum atomic E-state index is 0.440. The van der Waals surface area contributed by atoms with Crippen LogP contribution in [0.15, 0.2) is 24.5 Å². The number of nitrogens with zero attached hydrogens (tertiary/aromatic N) is 2. The quantitative estimate of drug-likeness (QED) is 0.676. The van der Waals surface area contributed by atoms with Gasteiger partial charge in [-0.15, -0.1) is 0 Å². The van der Waals surface area contributed by atoms with Gasteiger partial charge >= 0.3 is 0 Å². The van der Waals surface area contributed by atoms with Crippen LogP contribution in [0.1, 0.15) is 31.9 Å². The van der Waals surface area contributed by atoms with Crippen LogP contribution < -0.4 is 0 Å². The van der Waals surface area contributed by atoms with Crippen LogP contribution in [0.5, 0.6) is 0 Å². The first-order chi connectivity index (χ1) is 6.58. The fourth-order valence-electron chi connectivity index (χ4n) is 2.47. The molecule has 1 saturated heterocycles. The summed E-state index contributed by atoms with van der Waals surface area (Å²) in [5.74, 6) is 0. The van der Waals surface area contributed by atoms with Crippen molar-refractivity contribution in [1.29, 1.82) is 0 Å². The summed E-state index contributed by atoms with van der Waals surface area (Å²) in [5, 5.41) is 0. The normalized spacial score (nSPS) is 26.6. The molecule has 1 aromatic heterocycles. The Labute approximate surface area is 86.0 Å². The SMILES string of the molecule is CN1CC(C)(C)C[C@H]1c1cccnc1. The highest BCUT2D eigenvalue weighted by atomic mass is 15.2. The van der Waals surface area contributed by atoms with Crippen molar-refractivity contribution in [2.75, 3.05) is 13.6 Å². The van der Waals surface area contributed by atoms with Gasteiger partial charge < -0.3 is 0 Å². The van der Waals surface area contributed by atoms with Gasteiger partial charge in [-0.3, -0.25) is 9.88 Å².